The molecule has 2 aliphatic heterocycles. The molecule has 1 N–H and O–H groups in total. The minimum absolute atomic E-state index is 0.0531. The van der Waals surface area contributed by atoms with Crippen LogP contribution >= 0.6 is 0 Å². The molecule has 1 saturated heterocycles. The van der Waals surface area contributed by atoms with Crippen molar-refractivity contribution in [2.45, 2.75) is 75.7 Å². The molecule has 5 rings (SSSR count). The molecule has 1 aromatic carbocycles. The number of hydrogen-bond donors (Lipinski definition) is 1. The third-order valence-electron chi connectivity index (χ3n) is 7.87. The largest absolute Gasteiger partial charge is 0.504 e. The zero-order chi connectivity index (χ0) is 22.1. The molecule has 1 saturated carbocycles. The van der Waals surface area contributed by atoms with Crippen molar-refractivity contribution in [2.75, 3.05) is 27.2 Å². The summed E-state index contributed by atoms with van der Waals surface area (Å²) in [5.41, 5.74) is 1.81. The lowest BCUT2D eigenvalue weighted by Crippen LogP contribution is -2.68. The number of nitrogens with zero attached hydrogens (tertiary/aromatic N) is 2. The average molecular weight is 431 g/mol. The number of piperidine rings is 1. The molecule has 170 valence electrons. The van der Waals surface area contributed by atoms with E-state index in [1.807, 2.05) is 20.8 Å². The summed E-state index contributed by atoms with van der Waals surface area (Å²) in [5.74, 6) is 1.03. The zero-order valence-corrected chi connectivity index (χ0v) is 19.2. The second-order valence-electron chi connectivity index (χ2n) is 10.6. The van der Waals surface area contributed by atoms with E-state index < -0.39 is 5.60 Å². The molecule has 7 heteroatoms. The smallest absolute Gasteiger partial charge is 0.323 e. The van der Waals surface area contributed by atoms with Gasteiger partial charge in [0, 0.05) is 17.0 Å². The molecule has 2 aliphatic carbocycles. The number of likely N-dealkylation sites (tertiary alicyclic amines) is 1. The van der Waals surface area contributed by atoms with Gasteiger partial charge in [-0.05, 0) is 77.6 Å². The van der Waals surface area contributed by atoms with Gasteiger partial charge in [-0.2, -0.15) is 5.06 Å². The molecule has 0 amide bonds. The number of likely N-dealkylation sites (N-methyl/N-ethyl adjacent to an activating group) is 1. The minimum atomic E-state index is -0.543. The fourth-order valence-electron chi connectivity index (χ4n) is 6.82. The van der Waals surface area contributed by atoms with E-state index in [-0.39, 0.29) is 35.8 Å². The molecule has 7 nitrogen and oxygen atoms in total. The molecule has 4 aliphatic rings. The molecule has 31 heavy (non-hydrogen) atoms. The zero-order valence-electron chi connectivity index (χ0n) is 19.2. The summed E-state index contributed by atoms with van der Waals surface area (Å²) in [6, 6.07) is 4.23. The first-order valence-electron chi connectivity index (χ1n) is 11.4. The number of hydroxylamine groups is 2. The van der Waals surface area contributed by atoms with Crippen LogP contribution in [-0.4, -0.2) is 72.1 Å². The van der Waals surface area contributed by atoms with Crippen molar-refractivity contribution in [3.63, 3.8) is 0 Å². The normalized spacial score (nSPS) is 33.7. The fourth-order valence-corrected chi connectivity index (χ4v) is 6.82. The Hall–Kier alpha value is -1.83. The van der Waals surface area contributed by atoms with E-state index >= 15 is 0 Å². The Bertz CT molecular complexity index is 897. The highest BCUT2D eigenvalue weighted by molar-refractivity contribution is 5.72. The maximum atomic E-state index is 12.6. The Morgan fingerprint density at radius 3 is 2.84 bits per heavy atom. The molecule has 2 heterocycles. The van der Waals surface area contributed by atoms with Crippen LogP contribution in [0.1, 0.15) is 51.2 Å². The van der Waals surface area contributed by atoms with Crippen molar-refractivity contribution in [1.29, 1.82) is 0 Å². The number of ether oxygens (including phenoxy) is 2. The van der Waals surface area contributed by atoms with Crippen molar-refractivity contribution in [1.82, 2.24) is 9.96 Å². The van der Waals surface area contributed by atoms with E-state index in [4.69, 9.17) is 14.3 Å². The van der Waals surface area contributed by atoms with Crippen molar-refractivity contribution in [3.8, 4) is 11.5 Å². The highest BCUT2D eigenvalue weighted by atomic mass is 16.7. The van der Waals surface area contributed by atoms with Gasteiger partial charge in [0.25, 0.3) is 0 Å². The number of benzene rings is 1. The van der Waals surface area contributed by atoms with Crippen LogP contribution in [0.25, 0.3) is 0 Å². The molecule has 1 aromatic rings. The topological polar surface area (TPSA) is 71.5 Å². The summed E-state index contributed by atoms with van der Waals surface area (Å²) in [7, 11) is 3.84. The molecule has 0 aromatic heterocycles. The van der Waals surface area contributed by atoms with Gasteiger partial charge in [0.1, 0.15) is 18.2 Å². The SMILES string of the molecule is CON(CC(=O)OC(C)(C)C)[C@@H]1CC[C@H]2[C@H]3Cc4ccc(O)c5c4[C@@]2(CCN3C)[C@H]1O5. The molecular weight excluding hydrogens is 396 g/mol. The number of carbonyl (C=O) groups excluding carboxylic acids is 1. The number of phenolic OH excluding ortho intramolecular Hbond substituents is 1. The van der Waals surface area contributed by atoms with E-state index in [0.29, 0.717) is 17.7 Å². The van der Waals surface area contributed by atoms with Gasteiger partial charge < -0.3 is 24.3 Å². The maximum Gasteiger partial charge on any atom is 0.323 e. The highest BCUT2D eigenvalue weighted by Gasteiger charge is 2.66. The van der Waals surface area contributed by atoms with Crippen molar-refractivity contribution >= 4 is 5.97 Å². The Balaban J connectivity index is 1.52. The maximum absolute atomic E-state index is 12.6. The monoisotopic (exact) mass is 430 g/mol. The Labute approximate surface area is 184 Å². The third-order valence-corrected chi connectivity index (χ3v) is 7.87. The molecule has 0 radical (unpaired) electrons. The number of carbonyl (C=O) groups is 1. The van der Waals surface area contributed by atoms with Crippen LogP contribution < -0.4 is 4.74 Å². The van der Waals surface area contributed by atoms with Crippen LogP contribution in [-0.2, 0) is 26.2 Å². The molecule has 2 fully saturated rings. The van der Waals surface area contributed by atoms with Crippen molar-refractivity contribution in [2.24, 2.45) is 5.92 Å². The van der Waals surface area contributed by atoms with Gasteiger partial charge in [0.05, 0.1) is 13.2 Å². The van der Waals surface area contributed by atoms with E-state index in [1.54, 1.807) is 18.2 Å². The Morgan fingerprint density at radius 2 is 2.13 bits per heavy atom. The van der Waals surface area contributed by atoms with Crippen LogP contribution in [0.4, 0.5) is 0 Å². The van der Waals surface area contributed by atoms with Gasteiger partial charge in [-0.3, -0.25) is 4.79 Å². The summed E-state index contributed by atoms with van der Waals surface area (Å²) >= 11 is 0. The van der Waals surface area contributed by atoms with Gasteiger partial charge in [-0.15, -0.1) is 0 Å². The molecule has 5 atom stereocenters. The third kappa shape index (κ3) is 3.08. The van der Waals surface area contributed by atoms with Crippen molar-refractivity contribution < 1.29 is 24.2 Å². The highest BCUT2D eigenvalue weighted by Crippen LogP contribution is 2.64. The van der Waals surface area contributed by atoms with Gasteiger partial charge in [-0.1, -0.05) is 6.07 Å². The number of esters is 1. The molecular formula is C24H34N2O5. The molecule has 1 spiro atoms. The van der Waals surface area contributed by atoms with Gasteiger partial charge >= 0.3 is 5.97 Å². The lowest BCUT2D eigenvalue weighted by atomic mass is 9.51. The van der Waals surface area contributed by atoms with Crippen LogP contribution in [0.15, 0.2) is 12.1 Å². The van der Waals surface area contributed by atoms with Crippen LogP contribution in [0.3, 0.4) is 0 Å². The van der Waals surface area contributed by atoms with Gasteiger partial charge in [-0.25, -0.2) is 0 Å². The molecule has 2 bridgehead atoms. The van der Waals surface area contributed by atoms with E-state index in [9.17, 15) is 9.90 Å². The second kappa shape index (κ2) is 7.09. The number of phenols is 1. The van der Waals surface area contributed by atoms with Crippen molar-refractivity contribution in [3.05, 3.63) is 23.3 Å². The number of aromatic hydroxyl groups is 1. The Morgan fingerprint density at radius 1 is 1.35 bits per heavy atom. The van der Waals surface area contributed by atoms with E-state index in [1.165, 1.54) is 11.1 Å². The van der Waals surface area contributed by atoms with Crippen LogP contribution in [0.2, 0.25) is 0 Å². The predicted octanol–water partition coefficient (Wildman–Crippen LogP) is 2.63. The quantitative estimate of drug-likeness (QED) is 0.582. The first-order valence-corrected chi connectivity index (χ1v) is 11.4. The molecule has 0 unspecified atom stereocenters. The summed E-state index contributed by atoms with van der Waals surface area (Å²) in [6.45, 7) is 6.66. The van der Waals surface area contributed by atoms with Crippen LogP contribution in [0.5, 0.6) is 11.5 Å². The van der Waals surface area contributed by atoms with E-state index in [2.05, 4.69) is 18.0 Å². The number of hydrogen-bond acceptors (Lipinski definition) is 7. The Kier molecular flexibility index (Phi) is 4.81. The summed E-state index contributed by atoms with van der Waals surface area (Å²) < 4.78 is 12.1. The first kappa shape index (κ1) is 21.0. The lowest BCUT2D eigenvalue weighted by molar-refractivity contribution is -0.216. The van der Waals surface area contributed by atoms with Gasteiger partial charge in [0.2, 0.25) is 0 Å². The average Bonchev–Trinajstić information content (AvgIpc) is 3.04. The second-order valence-corrected chi connectivity index (χ2v) is 10.6. The minimum Gasteiger partial charge on any atom is -0.504 e. The van der Waals surface area contributed by atoms with Gasteiger partial charge in [0.15, 0.2) is 11.5 Å². The summed E-state index contributed by atoms with van der Waals surface area (Å²) in [6.07, 6.45) is 3.74. The van der Waals surface area contributed by atoms with Crippen LogP contribution in [0, 0.1) is 5.92 Å². The fraction of sp³-hybridized carbons (Fsp3) is 0.708. The lowest BCUT2D eigenvalue weighted by Gasteiger charge is -2.59. The van der Waals surface area contributed by atoms with E-state index in [0.717, 1.165) is 32.2 Å². The summed E-state index contributed by atoms with van der Waals surface area (Å²) in [4.78, 5) is 20.8. The summed E-state index contributed by atoms with van der Waals surface area (Å²) in [5, 5.41) is 12.4. The standard InChI is InChI=1S/C24H34N2O5/c1-23(2,3)31-19(28)13-26(29-5)16-8-7-15-17-12-14-6-9-18(27)21-20(14)24(15,22(16)30-21)10-11-25(17)4/h6,9,15-17,22,27H,7-8,10-13H2,1-5H3/t15-,16+,17+,22-,24-/m0/s1. The predicted molar refractivity (Wildman–Crippen MR) is 115 cm³/mol. The first-order chi connectivity index (χ1) is 14.7. The number of rotatable bonds is 4.